The van der Waals surface area contributed by atoms with Crippen molar-refractivity contribution >= 4 is 12.1 Å². The molecule has 1 aromatic carbocycles. The van der Waals surface area contributed by atoms with Crippen molar-refractivity contribution in [3.63, 3.8) is 0 Å². The van der Waals surface area contributed by atoms with Gasteiger partial charge in [-0.25, -0.2) is 14.6 Å². The number of aromatic nitrogens is 1. The lowest BCUT2D eigenvalue weighted by Crippen LogP contribution is -2.31. The Bertz CT molecular complexity index is 698. The largest absolute Gasteiger partial charge is 0.476 e. The number of benzene rings is 1. The van der Waals surface area contributed by atoms with E-state index in [0.717, 1.165) is 18.2 Å². The second-order valence-corrected chi connectivity index (χ2v) is 5.27. The van der Waals surface area contributed by atoms with Crippen LogP contribution in [0.1, 0.15) is 40.8 Å². The molecule has 1 aliphatic rings. The van der Waals surface area contributed by atoms with Gasteiger partial charge in [0, 0.05) is 6.54 Å². The highest BCUT2D eigenvalue weighted by Crippen LogP contribution is 2.32. The summed E-state index contributed by atoms with van der Waals surface area (Å²) in [5.41, 5.74) is 0.741. The number of carboxylic acid groups (broad SMARTS) is 1. The van der Waals surface area contributed by atoms with Crippen LogP contribution in [-0.4, -0.2) is 33.6 Å². The molecule has 2 heterocycles. The minimum atomic E-state index is -1.16. The number of ether oxygens (including phenoxy) is 1. The molecule has 0 spiro atoms. The first-order valence-electron chi connectivity index (χ1n) is 7.31. The fourth-order valence-corrected chi connectivity index (χ4v) is 2.58. The molecular weight excluding hydrogens is 300 g/mol. The number of amides is 1. The predicted octanol–water partition coefficient (Wildman–Crippen LogP) is 2.85. The van der Waals surface area contributed by atoms with Gasteiger partial charge in [0.25, 0.3) is 0 Å². The van der Waals surface area contributed by atoms with Gasteiger partial charge >= 0.3 is 12.1 Å². The summed E-state index contributed by atoms with van der Waals surface area (Å²) in [6.45, 7) is 0.720. The smallest absolute Gasteiger partial charge is 0.410 e. The van der Waals surface area contributed by atoms with Crippen LogP contribution in [-0.2, 0) is 11.3 Å². The molecule has 120 valence electrons. The van der Waals surface area contributed by atoms with Gasteiger partial charge in [-0.2, -0.15) is 0 Å². The molecule has 0 bridgehead atoms. The molecule has 7 nitrogen and oxygen atoms in total. The van der Waals surface area contributed by atoms with Gasteiger partial charge in [-0.1, -0.05) is 30.3 Å². The third-order valence-corrected chi connectivity index (χ3v) is 3.72. The quantitative estimate of drug-likeness (QED) is 0.932. The first-order chi connectivity index (χ1) is 11.1. The Balaban J connectivity index is 1.65. The standard InChI is InChI=1S/C16H16N2O5/c19-15(20)12-10-22-14(17-12)13-7-4-8-18(13)16(21)23-9-11-5-2-1-3-6-11/h1-3,5-6,10,13H,4,7-9H2,(H,19,20). The Kier molecular flexibility index (Phi) is 4.27. The van der Waals surface area contributed by atoms with E-state index in [2.05, 4.69) is 4.98 Å². The van der Waals surface area contributed by atoms with E-state index in [1.54, 1.807) is 0 Å². The van der Waals surface area contributed by atoms with Crippen molar-refractivity contribution in [1.29, 1.82) is 0 Å². The Hall–Kier alpha value is -2.83. The van der Waals surface area contributed by atoms with Crippen molar-refractivity contribution in [3.8, 4) is 0 Å². The number of hydrogen-bond donors (Lipinski definition) is 1. The zero-order valence-electron chi connectivity index (χ0n) is 12.3. The fraction of sp³-hybridized carbons (Fsp3) is 0.312. The first-order valence-corrected chi connectivity index (χ1v) is 7.31. The van der Waals surface area contributed by atoms with E-state index in [9.17, 15) is 9.59 Å². The molecule has 1 unspecified atom stereocenters. The molecule has 1 atom stereocenters. The molecule has 1 amide bonds. The lowest BCUT2D eigenvalue weighted by Gasteiger charge is -2.21. The van der Waals surface area contributed by atoms with Gasteiger partial charge in [0.1, 0.15) is 18.9 Å². The number of aromatic carboxylic acids is 1. The van der Waals surface area contributed by atoms with Gasteiger partial charge in [-0.05, 0) is 18.4 Å². The van der Waals surface area contributed by atoms with Crippen LogP contribution in [0.5, 0.6) is 0 Å². The molecule has 0 aliphatic carbocycles. The summed E-state index contributed by atoms with van der Waals surface area (Å²) >= 11 is 0. The maximum atomic E-state index is 12.3. The average Bonchev–Trinajstić information content (AvgIpc) is 3.22. The van der Waals surface area contributed by atoms with Crippen molar-refractivity contribution in [2.24, 2.45) is 0 Å². The van der Waals surface area contributed by atoms with Crippen molar-refractivity contribution < 1.29 is 23.8 Å². The summed E-state index contributed by atoms with van der Waals surface area (Å²) in [5, 5.41) is 8.90. The van der Waals surface area contributed by atoms with E-state index >= 15 is 0 Å². The zero-order chi connectivity index (χ0) is 16.2. The maximum Gasteiger partial charge on any atom is 0.410 e. The second kappa shape index (κ2) is 6.51. The molecule has 23 heavy (non-hydrogen) atoms. The third-order valence-electron chi connectivity index (χ3n) is 3.72. The van der Waals surface area contributed by atoms with E-state index in [1.807, 2.05) is 30.3 Å². The summed E-state index contributed by atoms with van der Waals surface area (Å²) in [7, 11) is 0. The van der Waals surface area contributed by atoms with Crippen molar-refractivity contribution in [1.82, 2.24) is 9.88 Å². The summed E-state index contributed by atoms with van der Waals surface area (Å²) in [5.74, 6) is -0.923. The van der Waals surface area contributed by atoms with Crippen LogP contribution in [0.25, 0.3) is 0 Å². The number of carboxylic acids is 1. The highest BCUT2D eigenvalue weighted by Gasteiger charge is 2.34. The minimum absolute atomic E-state index is 0.162. The number of carbonyl (C=O) groups is 2. The van der Waals surface area contributed by atoms with Gasteiger partial charge in [0.2, 0.25) is 5.89 Å². The number of oxazole rings is 1. The second-order valence-electron chi connectivity index (χ2n) is 5.27. The monoisotopic (exact) mass is 316 g/mol. The average molecular weight is 316 g/mol. The lowest BCUT2D eigenvalue weighted by molar-refractivity contribution is 0.0690. The Morgan fingerprint density at radius 2 is 2.13 bits per heavy atom. The van der Waals surface area contributed by atoms with Gasteiger partial charge in [-0.3, -0.25) is 4.90 Å². The summed E-state index contributed by atoms with van der Waals surface area (Å²) in [4.78, 5) is 28.6. The van der Waals surface area contributed by atoms with Crippen LogP contribution < -0.4 is 0 Å². The molecule has 1 saturated heterocycles. The molecule has 1 N–H and O–H groups in total. The third kappa shape index (κ3) is 3.33. The van der Waals surface area contributed by atoms with Crippen molar-refractivity contribution in [3.05, 3.63) is 53.7 Å². The van der Waals surface area contributed by atoms with Crippen LogP contribution in [0.3, 0.4) is 0 Å². The van der Waals surface area contributed by atoms with E-state index in [-0.39, 0.29) is 24.2 Å². The Morgan fingerprint density at radius 3 is 2.83 bits per heavy atom. The lowest BCUT2D eigenvalue weighted by atomic mass is 10.2. The molecule has 3 rings (SSSR count). The molecule has 7 heteroatoms. The first kappa shape index (κ1) is 15.1. The highest BCUT2D eigenvalue weighted by molar-refractivity contribution is 5.84. The predicted molar refractivity (Wildman–Crippen MR) is 78.8 cm³/mol. The van der Waals surface area contributed by atoms with Crippen LogP contribution >= 0.6 is 0 Å². The number of rotatable bonds is 4. The molecule has 1 aromatic heterocycles. The van der Waals surface area contributed by atoms with Crippen LogP contribution in [0.2, 0.25) is 0 Å². The van der Waals surface area contributed by atoms with Crippen LogP contribution in [0.4, 0.5) is 4.79 Å². The van der Waals surface area contributed by atoms with Gasteiger partial charge < -0.3 is 14.3 Å². The van der Waals surface area contributed by atoms with E-state index < -0.39 is 12.1 Å². The van der Waals surface area contributed by atoms with Crippen molar-refractivity contribution in [2.75, 3.05) is 6.54 Å². The Labute approximate surface area is 132 Å². The van der Waals surface area contributed by atoms with E-state index in [1.165, 1.54) is 4.90 Å². The number of carbonyl (C=O) groups excluding carboxylic acids is 1. The normalized spacial score (nSPS) is 17.2. The molecule has 1 fully saturated rings. The molecule has 1 aliphatic heterocycles. The van der Waals surface area contributed by atoms with E-state index in [0.29, 0.717) is 13.0 Å². The molecular formula is C16H16N2O5. The van der Waals surface area contributed by atoms with Crippen LogP contribution in [0, 0.1) is 0 Å². The van der Waals surface area contributed by atoms with E-state index in [4.69, 9.17) is 14.3 Å². The number of hydrogen-bond acceptors (Lipinski definition) is 5. The van der Waals surface area contributed by atoms with Gasteiger partial charge in [-0.15, -0.1) is 0 Å². The van der Waals surface area contributed by atoms with Crippen LogP contribution in [0.15, 0.2) is 41.0 Å². The number of nitrogens with zero attached hydrogens (tertiary/aromatic N) is 2. The molecule has 0 radical (unpaired) electrons. The maximum absolute atomic E-state index is 12.3. The van der Waals surface area contributed by atoms with Crippen molar-refractivity contribution in [2.45, 2.75) is 25.5 Å². The Morgan fingerprint density at radius 1 is 1.35 bits per heavy atom. The van der Waals surface area contributed by atoms with Gasteiger partial charge in [0.05, 0.1) is 0 Å². The molecule has 2 aromatic rings. The number of likely N-dealkylation sites (tertiary alicyclic amines) is 1. The molecule has 0 saturated carbocycles. The summed E-state index contributed by atoms with van der Waals surface area (Å²) in [6, 6.07) is 9.02. The highest BCUT2D eigenvalue weighted by atomic mass is 16.6. The SMILES string of the molecule is O=C(O)c1coc(C2CCCN2C(=O)OCc2ccccc2)n1. The van der Waals surface area contributed by atoms with Gasteiger partial charge in [0.15, 0.2) is 5.69 Å². The summed E-state index contributed by atoms with van der Waals surface area (Å²) in [6.07, 6.45) is 2.09. The topological polar surface area (TPSA) is 92.9 Å². The minimum Gasteiger partial charge on any atom is -0.476 e. The summed E-state index contributed by atoms with van der Waals surface area (Å²) < 4.78 is 10.5. The fourth-order valence-electron chi connectivity index (χ4n) is 2.58. The zero-order valence-corrected chi connectivity index (χ0v) is 12.3.